The molecule has 0 saturated carbocycles. The molecule has 2 heteroatoms. The van der Waals surface area contributed by atoms with Crippen molar-refractivity contribution in [1.29, 1.82) is 0 Å². The molecular formula is C46H48Si2. The molecule has 0 N–H and O–H groups in total. The average Bonchev–Trinajstić information content (AvgIpc) is 3.43. The molecule has 2 heterocycles. The molecule has 48 heavy (non-hydrogen) atoms. The summed E-state index contributed by atoms with van der Waals surface area (Å²) in [7, 11) is -3.76. The molecule has 0 amide bonds. The second kappa shape index (κ2) is 10.3. The molecule has 8 rings (SSSR count). The van der Waals surface area contributed by atoms with Gasteiger partial charge in [-0.15, -0.1) is 0 Å². The third-order valence-electron chi connectivity index (χ3n) is 11.6. The van der Waals surface area contributed by atoms with Crippen molar-refractivity contribution in [2.45, 2.75) is 78.6 Å². The third-order valence-corrected chi connectivity index (χ3v) is 18.7. The van der Waals surface area contributed by atoms with Gasteiger partial charge in [0.25, 0.3) is 0 Å². The van der Waals surface area contributed by atoms with Crippen molar-refractivity contribution < 1.29 is 0 Å². The van der Waals surface area contributed by atoms with E-state index in [1.807, 2.05) is 0 Å². The van der Waals surface area contributed by atoms with Crippen LogP contribution >= 0.6 is 0 Å². The summed E-state index contributed by atoms with van der Waals surface area (Å²) in [6.45, 7) is 23.9. The summed E-state index contributed by atoms with van der Waals surface area (Å²) in [5.74, 6) is 0. The van der Waals surface area contributed by atoms with Gasteiger partial charge >= 0.3 is 0 Å². The van der Waals surface area contributed by atoms with E-state index in [0.29, 0.717) is 0 Å². The van der Waals surface area contributed by atoms with E-state index in [1.165, 1.54) is 66.4 Å². The lowest BCUT2D eigenvalue weighted by atomic mass is 9.86. The highest BCUT2D eigenvalue weighted by Crippen LogP contribution is 2.41. The van der Waals surface area contributed by atoms with Crippen molar-refractivity contribution in [1.82, 2.24) is 0 Å². The molecule has 2 aliphatic rings. The summed E-state index contributed by atoms with van der Waals surface area (Å²) < 4.78 is 0. The Morgan fingerprint density at radius 3 is 1.02 bits per heavy atom. The molecule has 0 aliphatic carbocycles. The van der Waals surface area contributed by atoms with Gasteiger partial charge < -0.3 is 0 Å². The van der Waals surface area contributed by atoms with Crippen LogP contribution in [0.15, 0.2) is 109 Å². The van der Waals surface area contributed by atoms with E-state index in [4.69, 9.17) is 0 Å². The fourth-order valence-electron chi connectivity index (χ4n) is 8.56. The van der Waals surface area contributed by atoms with Gasteiger partial charge in [-0.25, -0.2) is 0 Å². The van der Waals surface area contributed by atoms with Gasteiger partial charge in [0.2, 0.25) is 0 Å². The molecule has 0 bridgehead atoms. The quantitative estimate of drug-likeness (QED) is 0.163. The van der Waals surface area contributed by atoms with E-state index < -0.39 is 16.1 Å². The van der Waals surface area contributed by atoms with Crippen LogP contribution in [0, 0.1) is 0 Å². The minimum atomic E-state index is -1.88. The highest BCUT2D eigenvalue weighted by atomic mass is 28.3. The first kappa shape index (κ1) is 31.3. The minimum Gasteiger partial charge on any atom is -0.0616 e. The molecule has 0 radical (unpaired) electrons. The van der Waals surface area contributed by atoms with Gasteiger partial charge in [-0.3, -0.25) is 0 Å². The standard InChI is InChI=1S/C46H48Si2/c1-45(2,3)33-17-11-29(12-18-33)31-15-21-37-41(27-31)47(7,8)39-25-23-36-35(43(37)39)24-26-40-44(36)38-22-16-32(28-42(38)48(40,9)10)30-13-19-34(20-14-30)46(4,5)6/h11-28H,1-10H3. The van der Waals surface area contributed by atoms with Gasteiger partial charge in [0.05, 0.1) is 0 Å². The van der Waals surface area contributed by atoms with Gasteiger partial charge in [-0.05, 0) is 98.0 Å². The molecule has 0 fully saturated rings. The van der Waals surface area contributed by atoms with Crippen molar-refractivity contribution >= 4 is 47.7 Å². The SMILES string of the molecule is CC(C)(C)c1ccc(-c2ccc3c(c2)[Si](C)(C)c2ccc4c5c(ccc4c2-3)[Si](C)(C)c2cc(-c3ccc(C(C)(C)C)cc3)ccc2-5)cc1. The summed E-state index contributed by atoms with van der Waals surface area (Å²) in [5, 5.41) is 9.14. The first-order chi connectivity index (χ1) is 22.6. The summed E-state index contributed by atoms with van der Waals surface area (Å²) in [6, 6.07) is 43.0. The average molecular weight is 657 g/mol. The maximum atomic E-state index is 2.55. The Morgan fingerprint density at radius 1 is 0.354 bits per heavy atom. The second-order valence-corrected chi connectivity index (χ2v) is 26.2. The van der Waals surface area contributed by atoms with E-state index in [0.717, 1.165) is 0 Å². The zero-order valence-corrected chi connectivity index (χ0v) is 32.4. The third kappa shape index (κ3) is 4.60. The van der Waals surface area contributed by atoms with Crippen LogP contribution in [0.4, 0.5) is 0 Å². The van der Waals surface area contributed by atoms with E-state index in [9.17, 15) is 0 Å². The molecule has 0 nitrogen and oxygen atoms in total. The molecule has 6 aromatic carbocycles. The molecule has 0 unspecified atom stereocenters. The Labute approximate surface area is 289 Å². The number of fused-ring (bicyclic) bond motifs is 9. The van der Waals surface area contributed by atoms with Crippen molar-refractivity contribution in [2.24, 2.45) is 0 Å². The smallest absolute Gasteiger partial charge is 0.0616 e. The fraction of sp³-hybridized carbons (Fsp3) is 0.261. The lowest BCUT2D eigenvalue weighted by molar-refractivity contribution is 0.590. The molecule has 0 atom stereocenters. The number of hydrogen-bond acceptors (Lipinski definition) is 0. The van der Waals surface area contributed by atoms with Crippen LogP contribution in [-0.2, 0) is 10.8 Å². The topological polar surface area (TPSA) is 0 Å². The molecular weight excluding hydrogens is 609 g/mol. The second-order valence-electron chi connectivity index (χ2n) is 17.5. The zero-order valence-electron chi connectivity index (χ0n) is 30.4. The van der Waals surface area contributed by atoms with Crippen molar-refractivity contribution in [3.8, 4) is 44.5 Å². The maximum Gasteiger partial charge on any atom is 0.113 e. The predicted octanol–water partition coefficient (Wildman–Crippen LogP) is 10.4. The summed E-state index contributed by atoms with van der Waals surface area (Å²) in [4.78, 5) is 0. The Bertz CT molecular complexity index is 2100. The van der Waals surface area contributed by atoms with E-state index in [1.54, 1.807) is 20.7 Å². The molecule has 0 spiro atoms. The van der Waals surface area contributed by atoms with Crippen LogP contribution in [-0.4, -0.2) is 16.1 Å². The van der Waals surface area contributed by atoms with Crippen molar-refractivity contribution in [3.63, 3.8) is 0 Å². The van der Waals surface area contributed by atoms with Crippen LogP contribution in [0.2, 0.25) is 26.2 Å². The van der Waals surface area contributed by atoms with Crippen molar-refractivity contribution in [2.75, 3.05) is 0 Å². The van der Waals surface area contributed by atoms with E-state index in [-0.39, 0.29) is 10.8 Å². The minimum absolute atomic E-state index is 0.160. The highest BCUT2D eigenvalue weighted by molar-refractivity contribution is 7.05. The van der Waals surface area contributed by atoms with Gasteiger partial charge in [0, 0.05) is 0 Å². The van der Waals surface area contributed by atoms with Crippen LogP contribution in [0.25, 0.3) is 55.3 Å². The maximum absolute atomic E-state index is 2.55. The van der Waals surface area contributed by atoms with Crippen LogP contribution in [0.1, 0.15) is 52.7 Å². The van der Waals surface area contributed by atoms with E-state index in [2.05, 4.69) is 177 Å². The Morgan fingerprint density at radius 2 is 0.688 bits per heavy atom. The van der Waals surface area contributed by atoms with Gasteiger partial charge in [-0.2, -0.15) is 0 Å². The summed E-state index contributed by atoms with van der Waals surface area (Å²) in [5.41, 5.74) is 14.2. The molecule has 0 aromatic heterocycles. The Hall–Kier alpha value is -3.99. The monoisotopic (exact) mass is 656 g/mol. The van der Waals surface area contributed by atoms with Crippen LogP contribution < -0.4 is 20.7 Å². The van der Waals surface area contributed by atoms with Crippen LogP contribution in [0.3, 0.4) is 0 Å². The normalized spacial score (nSPS) is 15.6. The molecule has 0 saturated heterocycles. The lowest BCUT2D eigenvalue weighted by Gasteiger charge is -2.21. The van der Waals surface area contributed by atoms with Crippen molar-refractivity contribution in [3.05, 3.63) is 120 Å². The fourth-order valence-corrected chi connectivity index (χ4v) is 14.7. The molecule has 6 aromatic rings. The highest BCUT2D eigenvalue weighted by Gasteiger charge is 2.42. The van der Waals surface area contributed by atoms with Gasteiger partial charge in [0.15, 0.2) is 0 Å². The largest absolute Gasteiger partial charge is 0.113 e. The molecule has 2 aliphatic heterocycles. The number of rotatable bonds is 2. The molecule has 240 valence electrons. The lowest BCUT2D eigenvalue weighted by Crippen LogP contribution is -2.49. The Kier molecular flexibility index (Phi) is 6.69. The van der Waals surface area contributed by atoms with Gasteiger partial charge in [0.1, 0.15) is 16.1 Å². The number of benzene rings is 6. The first-order valence-electron chi connectivity index (χ1n) is 17.7. The summed E-state index contributed by atoms with van der Waals surface area (Å²) >= 11 is 0. The van der Waals surface area contributed by atoms with Gasteiger partial charge in [-0.1, -0.05) is 177 Å². The predicted molar refractivity (Wildman–Crippen MR) is 217 cm³/mol. The summed E-state index contributed by atoms with van der Waals surface area (Å²) in [6.07, 6.45) is 0. The number of hydrogen-bond donors (Lipinski definition) is 0. The zero-order chi connectivity index (χ0) is 34.0. The van der Waals surface area contributed by atoms with E-state index >= 15 is 0 Å². The van der Waals surface area contributed by atoms with Crippen LogP contribution in [0.5, 0.6) is 0 Å². The Balaban J connectivity index is 1.24. The first-order valence-corrected chi connectivity index (χ1v) is 23.7.